The molecule has 0 aliphatic carbocycles. The predicted molar refractivity (Wildman–Crippen MR) is 110 cm³/mol. The molecule has 2 rings (SSSR count). The van der Waals surface area contributed by atoms with Gasteiger partial charge in [0.1, 0.15) is 5.75 Å². The highest BCUT2D eigenvalue weighted by molar-refractivity contribution is 9.10. The van der Waals surface area contributed by atoms with Gasteiger partial charge in [-0.2, -0.15) is 0 Å². The second-order valence-corrected chi connectivity index (χ2v) is 9.27. The van der Waals surface area contributed by atoms with E-state index < -0.39 is 10.0 Å². The van der Waals surface area contributed by atoms with Gasteiger partial charge in [0.05, 0.1) is 9.92 Å². The second kappa shape index (κ2) is 9.54. The fourth-order valence-electron chi connectivity index (χ4n) is 2.00. The van der Waals surface area contributed by atoms with Crippen LogP contribution in [0.3, 0.4) is 0 Å². The second-order valence-electron chi connectivity index (χ2n) is 6.18. The number of amides is 1. The number of ether oxygens (including phenoxy) is 1. The molecule has 6 nitrogen and oxygen atoms in total. The van der Waals surface area contributed by atoms with Crippen LogP contribution in [0.25, 0.3) is 0 Å². The summed E-state index contributed by atoms with van der Waals surface area (Å²) in [6.45, 7) is 3.89. The summed E-state index contributed by atoms with van der Waals surface area (Å²) in [7, 11) is -3.64. The van der Waals surface area contributed by atoms with Crippen LogP contribution < -0.4 is 14.8 Å². The lowest BCUT2D eigenvalue weighted by molar-refractivity contribution is -0.118. The lowest BCUT2D eigenvalue weighted by Crippen LogP contribution is -2.27. The zero-order valence-electron chi connectivity index (χ0n) is 14.8. The molecule has 9 heteroatoms. The largest absolute Gasteiger partial charge is 0.482 e. The van der Waals surface area contributed by atoms with E-state index in [1.54, 1.807) is 24.3 Å². The monoisotopic (exact) mass is 474 g/mol. The van der Waals surface area contributed by atoms with Crippen LogP contribution in [-0.4, -0.2) is 27.5 Å². The molecule has 0 aromatic heterocycles. The molecule has 0 spiro atoms. The van der Waals surface area contributed by atoms with E-state index in [4.69, 9.17) is 16.3 Å². The zero-order valence-corrected chi connectivity index (χ0v) is 18.0. The van der Waals surface area contributed by atoms with Gasteiger partial charge < -0.3 is 10.1 Å². The third kappa shape index (κ3) is 6.80. The molecule has 146 valence electrons. The van der Waals surface area contributed by atoms with E-state index in [1.807, 2.05) is 13.8 Å². The minimum atomic E-state index is -3.64. The number of rotatable bonds is 8. The highest BCUT2D eigenvalue weighted by atomic mass is 79.9. The molecule has 2 aromatic rings. The Bertz CT molecular complexity index is 902. The van der Waals surface area contributed by atoms with Gasteiger partial charge in [-0.3, -0.25) is 4.79 Å². The molecule has 0 aliphatic rings. The first-order valence-electron chi connectivity index (χ1n) is 8.15. The molecule has 0 aliphatic heterocycles. The number of hydrogen-bond acceptors (Lipinski definition) is 4. The number of sulfonamides is 1. The minimum Gasteiger partial charge on any atom is -0.482 e. The van der Waals surface area contributed by atoms with Gasteiger partial charge in [0.25, 0.3) is 5.91 Å². The fraction of sp³-hybridized carbons (Fsp3) is 0.278. The molecule has 2 N–H and O–H groups in total. The Hall–Kier alpha value is -1.61. The molecule has 2 aromatic carbocycles. The van der Waals surface area contributed by atoms with Crippen molar-refractivity contribution in [1.29, 1.82) is 0 Å². The van der Waals surface area contributed by atoms with Crippen LogP contribution in [0, 0.1) is 5.92 Å². The molecule has 0 radical (unpaired) electrons. The average Bonchev–Trinajstić information content (AvgIpc) is 2.61. The van der Waals surface area contributed by atoms with Gasteiger partial charge in [0.2, 0.25) is 10.0 Å². The van der Waals surface area contributed by atoms with Crippen molar-refractivity contribution in [3.05, 3.63) is 52.0 Å². The summed E-state index contributed by atoms with van der Waals surface area (Å²) in [5.41, 5.74) is 0.635. The molecule has 0 saturated heterocycles. The van der Waals surface area contributed by atoms with E-state index in [0.29, 0.717) is 12.2 Å². The fourth-order valence-corrected chi connectivity index (χ4v) is 3.80. The number of halogens is 2. The van der Waals surface area contributed by atoms with Crippen LogP contribution in [0.5, 0.6) is 5.75 Å². The summed E-state index contributed by atoms with van der Waals surface area (Å²) in [6.07, 6.45) is 0. The normalized spacial score (nSPS) is 11.4. The molecular weight excluding hydrogens is 456 g/mol. The van der Waals surface area contributed by atoms with Gasteiger partial charge in [0.15, 0.2) is 6.61 Å². The Morgan fingerprint density at radius 3 is 2.44 bits per heavy atom. The van der Waals surface area contributed by atoms with E-state index in [2.05, 4.69) is 26.0 Å². The molecule has 27 heavy (non-hydrogen) atoms. The summed E-state index contributed by atoms with van der Waals surface area (Å²) in [4.78, 5) is 12.0. The van der Waals surface area contributed by atoms with Crippen LogP contribution in [-0.2, 0) is 14.8 Å². The maximum absolute atomic E-state index is 12.2. The van der Waals surface area contributed by atoms with Crippen LogP contribution in [0.1, 0.15) is 13.8 Å². The summed E-state index contributed by atoms with van der Waals surface area (Å²) >= 11 is 9.42. The summed E-state index contributed by atoms with van der Waals surface area (Å²) < 4.78 is 33.2. The molecular formula is C18H20BrClN2O4S. The number of carbonyl (C=O) groups excluding carboxylic acids is 1. The average molecular weight is 476 g/mol. The Morgan fingerprint density at radius 1 is 1.19 bits per heavy atom. The highest BCUT2D eigenvalue weighted by Gasteiger charge is 2.16. The van der Waals surface area contributed by atoms with Gasteiger partial charge in [-0.25, -0.2) is 13.1 Å². The van der Waals surface area contributed by atoms with Crippen LogP contribution >= 0.6 is 27.5 Å². The van der Waals surface area contributed by atoms with Crippen molar-refractivity contribution in [2.75, 3.05) is 18.5 Å². The van der Waals surface area contributed by atoms with Crippen molar-refractivity contribution >= 4 is 49.1 Å². The lowest BCUT2D eigenvalue weighted by atomic mass is 10.2. The SMILES string of the molecule is CC(C)CNS(=O)(=O)c1ccc(OCC(=O)Nc2ccc(Br)cc2)c(Cl)c1. The standard InChI is InChI=1S/C18H20BrClN2O4S/c1-12(2)10-21-27(24,25)15-7-8-17(16(20)9-15)26-11-18(23)22-14-5-3-13(19)4-6-14/h3-9,12,21H,10-11H2,1-2H3,(H,22,23). The lowest BCUT2D eigenvalue weighted by Gasteiger charge is -2.12. The first kappa shape index (κ1) is 21.7. The Balaban J connectivity index is 1.97. The Morgan fingerprint density at radius 2 is 1.85 bits per heavy atom. The first-order valence-corrected chi connectivity index (χ1v) is 10.8. The first-order chi connectivity index (χ1) is 12.7. The Kier molecular flexibility index (Phi) is 7.67. The molecule has 0 heterocycles. The smallest absolute Gasteiger partial charge is 0.262 e. The van der Waals surface area contributed by atoms with E-state index >= 15 is 0 Å². The van der Waals surface area contributed by atoms with Gasteiger partial charge in [-0.15, -0.1) is 0 Å². The van der Waals surface area contributed by atoms with Crippen molar-refractivity contribution in [3.8, 4) is 5.75 Å². The van der Waals surface area contributed by atoms with Crippen molar-refractivity contribution in [2.24, 2.45) is 5.92 Å². The van der Waals surface area contributed by atoms with E-state index in [-0.39, 0.29) is 34.1 Å². The molecule has 1 amide bonds. The topological polar surface area (TPSA) is 84.5 Å². The van der Waals surface area contributed by atoms with E-state index in [0.717, 1.165) is 4.47 Å². The van der Waals surface area contributed by atoms with E-state index in [9.17, 15) is 13.2 Å². The minimum absolute atomic E-state index is 0.0415. The van der Waals surface area contributed by atoms with Crippen molar-refractivity contribution in [1.82, 2.24) is 4.72 Å². The molecule has 0 unspecified atom stereocenters. The van der Waals surface area contributed by atoms with E-state index in [1.165, 1.54) is 18.2 Å². The number of nitrogens with one attached hydrogen (secondary N) is 2. The van der Waals surface area contributed by atoms with Crippen molar-refractivity contribution in [3.63, 3.8) is 0 Å². The molecule has 0 atom stereocenters. The van der Waals surface area contributed by atoms with Crippen molar-refractivity contribution < 1.29 is 17.9 Å². The van der Waals surface area contributed by atoms with Crippen LogP contribution in [0.4, 0.5) is 5.69 Å². The number of hydrogen-bond donors (Lipinski definition) is 2. The summed E-state index contributed by atoms with van der Waals surface area (Å²) in [5.74, 6) is 0.0520. The number of anilines is 1. The highest BCUT2D eigenvalue weighted by Crippen LogP contribution is 2.27. The van der Waals surface area contributed by atoms with Gasteiger partial charge in [0, 0.05) is 16.7 Å². The van der Waals surface area contributed by atoms with Gasteiger partial charge >= 0.3 is 0 Å². The van der Waals surface area contributed by atoms with Gasteiger partial charge in [-0.1, -0.05) is 41.4 Å². The Labute approximate surface area is 172 Å². The van der Waals surface area contributed by atoms with Gasteiger partial charge in [-0.05, 0) is 48.4 Å². The van der Waals surface area contributed by atoms with Crippen LogP contribution in [0.2, 0.25) is 5.02 Å². The number of carbonyl (C=O) groups is 1. The molecule has 0 saturated carbocycles. The predicted octanol–water partition coefficient (Wildman–Crippen LogP) is 4.05. The quantitative estimate of drug-likeness (QED) is 0.603. The van der Waals surface area contributed by atoms with Crippen molar-refractivity contribution in [2.45, 2.75) is 18.7 Å². The third-order valence-corrected chi connectivity index (χ3v) is 5.63. The maximum atomic E-state index is 12.2. The zero-order chi connectivity index (χ0) is 20.0. The maximum Gasteiger partial charge on any atom is 0.262 e. The molecule has 0 bridgehead atoms. The molecule has 0 fully saturated rings. The number of benzene rings is 2. The van der Waals surface area contributed by atoms with Crippen LogP contribution in [0.15, 0.2) is 51.8 Å². The summed E-state index contributed by atoms with van der Waals surface area (Å²) in [6, 6.07) is 11.2. The third-order valence-electron chi connectivity index (χ3n) is 3.38. The summed E-state index contributed by atoms with van der Waals surface area (Å²) in [5, 5.41) is 2.80.